The van der Waals surface area contributed by atoms with E-state index in [1.807, 2.05) is 0 Å². The molecule has 0 aliphatic carbocycles. The second-order valence-electron chi connectivity index (χ2n) is 9.36. The Morgan fingerprint density at radius 2 is 1.75 bits per heavy atom. The summed E-state index contributed by atoms with van der Waals surface area (Å²) in [4.78, 5) is 29.9. The second kappa shape index (κ2) is 11.2. The van der Waals surface area contributed by atoms with Gasteiger partial charge in [0.1, 0.15) is 5.82 Å². The third-order valence-electron chi connectivity index (χ3n) is 6.99. The number of halogens is 1. The molecule has 178 valence electrons. The van der Waals surface area contributed by atoms with Gasteiger partial charge >= 0.3 is 0 Å². The zero-order valence-electron chi connectivity index (χ0n) is 18.9. The average molecular weight is 450 g/mol. The normalized spacial score (nSPS) is 26.0. The summed E-state index contributed by atoms with van der Waals surface area (Å²) in [6.45, 7) is 2.55. The third-order valence-corrected chi connectivity index (χ3v) is 6.99. The molecule has 1 aromatic carbocycles. The first-order valence-electron chi connectivity index (χ1n) is 11.6. The van der Waals surface area contributed by atoms with Gasteiger partial charge in [0.2, 0.25) is 11.8 Å². The van der Waals surface area contributed by atoms with Gasteiger partial charge in [-0.1, -0.05) is 18.6 Å². The van der Waals surface area contributed by atoms with Gasteiger partial charge in [-0.3, -0.25) is 9.59 Å². The highest BCUT2D eigenvalue weighted by Gasteiger charge is 2.40. The molecule has 0 saturated carbocycles. The lowest BCUT2D eigenvalue weighted by Crippen LogP contribution is -2.50. The van der Waals surface area contributed by atoms with Gasteiger partial charge in [-0.2, -0.15) is 0 Å². The van der Waals surface area contributed by atoms with E-state index in [0.717, 1.165) is 50.8 Å². The molecule has 0 aromatic heterocycles. The molecule has 1 aromatic rings. The molecule has 2 aliphatic heterocycles. The van der Waals surface area contributed by atoms with Crippen molar-refractivity contribution in [3.63, 3.8) is 0 Å². The zero-order chi connectivity index (χ0) is 23.1. The van der Waals surface area contributed by atoms with Gasteiger partial charge in [0.25, 0.3) is 0 Å². The Hall–Kier alpha value is -2.03. The molecule has 2 amide bonds. The number of rotatable bonds is 2. The number of piperidine rings is 1. The standard InChI is InChI=1S/C24H36FN3O4/c1-27-14-10-24(11-15-27)9-2-3-12-28(13-8-20(29)21(30)17-26-23(24)32)22(31)16-18-4-6-19(25)7-5-18/h4-7,20-21,29-30H,2-3,8-17H2,1H3,(H,26,32)/t20-,21+/m0/s1. The zero-order valence-corrected chi connectivity index (χ0v) is 18.9. The summed E-state index contributed by atoms with van der Waals surface area (Å²) < 4.78 is 13.2. The van der Waals surface area contributed by atoms with Gasteiger partial charge in [-0.25, -0.2) is 4.39 Å². The molecular weight excluding hydrogens is 413 g/mol. The van der Waals surface area contributed by atoms with Crippen LogP contribution in [0.5, 0.6) is 0 Å². The van der Waals surface area contributed by atoms with E-state index in [9.17, 15) is 24.2 Å². The minimum atomic E-state index is -1.09. The van der Waals surface area contributed by atoms with Crippen molar-refractivity contribution in [2.24, 2.45) is 5.41 Å². The number of amides is 2. The molecule has 32 heavy (non-hydrogen) atoms. The molecular formula is C24H36FN3O4. The first kappa shape index (κ1) is 24.6. The number of aliphatic hydroxyl groups excluding tert-OH is 2. The summed E-state index contributed by atoms with van der Waals surface area (Å²) in [7, 11) is 2.05. The summed E-state index contributed by atoms with van der Waals surface area (Å²) in [5, 5.41) is 23.6. The van der Waals surface area contributed by atoms with Crippen LogP contribution in [0.2, 0.25) is 0 Å². The monoisotopic (exact) mass is 449 g/mol. The lowest BCUT2D eigenvalue weighted by molar-refractivity contribution is -0.135. The lowest BCUT2D eigenvalue weighted by atomic mass is 9.73. The molecule has 2 atom stereocenters. The largest absolute Gasteiger partial charge is 0.390 e. The number of likely N-dealkylation sites (tertiary alicyclic amines) is 1. The summed E-state index contributed by atoms with van der Waals surface area (Å²) in [6.07, 6.45) is 2.12. The van der Waals surface area contributed by atoms with E-state index >= 15 is 0 Å². The maximum atomic E-state index is 13.2. The van der Waals surface area contributed by atoms with Crippen LogP contribution in [0.3, 0.4) is 0 Å². The van der Waals surface area contributed by atoms with E-state index in [4.69, 9.17) is 0 Å². The van der Waals surface area contributed by atoms with Crippen molar-refractivity contribution in [2.45, 2.75) is 57.2 Å². The van der Waals surface area contributed by atoms with Crippen molar-refractivity contribution in [1.82, 2.24) is 15.1 Å². The Morgan fingerprint density at radius 3 is 2.44 bits per heavy atom. The van der Waals surface area contributed by atoms with E-state index in [0.29, 0.717) is 13.1 Å². The van der Waals surface area contributed by atoms with Crippen molar-refractivity contribution in [3.8, 4) is 0 Å². The van der Waals surface area contributed by atoms with E-state index in [1.165, 1.54) is 12.1 Å². The topological polar surface area (TPSA) is 93.1 Å². The number of hydrogen-bond donors (Lipinski definition) is 3. The summed E-state index contributed by atoms with van der Waals surface area (Å²) in [6, 6.07) is 5.89. The van der Waals surface area contributed by atoms with Crippen LogP contribution < -0.4 is 5.32 Å². The highest BCUT2D eigenvalue weighted by Crippen LogP contribution is 2.36. The second-order valence-corrected chi connectivity index (χ2v) is 9.36. The van der Waals surface area contributed by atoms with Crippen molar-refractivity contribution in [2.75, 3.05) is 39.8 Å². The quantitative estimate of drug-likeness (QED) is 0.633. The highest BCUT2D eigenvalue weighted by atomic mass is 19.1. The van der Waals surface area contributed by atoms with Crippen molar-refractivity contribution < 1.29 is 24.2 Å². The molecule has 3 rings (SSSR count). The number of benzene rings is 1. The van der Waals surface area contributed by atoms with Crippen molar-refractivity contribution in [3.05, 3.63) is 35.6 Å². The van der Waals surface area contributed by atoms with Crippen LogP contribution in [0.1, 0.15) is 44.1 Å². The van der Waals surface area contributed by atoms with Crippen LogP contribution in [-0.4, -0.2) is 83.8 Å². The minimum absolute atomic E-state index is 0.00111. The molecule has 3 N–H and O–H groups in total. The summed E-state index contributed by atoms with van der Waals surface area (Å²) >= 11 is 0. The molecule has 8 heteroatoms. The molecule has 2 saturated heterocycles. The highest BCUT2D eigenvalue weighted by molar-refractivity contribution is 5.82. The fourth-order valence-electron chi connectivity index (χ4n) is 4.65. The van der Waals surface area contributed by atoms with Crippen LogP contribution in [-0.2, 0) is 16.0 Å². The Labute approximate surface area is 189 Å². The lowest BCUT2D eigenvalue weighted by Gasteiger charge is -2.39. The number of aliphatic hydroxyl groups is 2. The number of carbonyl (C=O) groups excluding carboxylic acids is 2. The first-order chi connectivity index (χ1) is 15.3. The number of hydrogen-bond acceptors (Lipinski definition) is 5. The predicted molar refractivity (Wildman–Crippen MR) is 119 cm³/mol. The van der Waals surface area contributed by atoms with Gasteiger partial charge in [-0.15, -0.1) is 0 Å². The maximum Gasteiger partial charge on any atom is 0.226 e. The minimum Gasteiger partial charge on any atom is -0.390 e. The van der Waals surface area contributed by atoms with Gasteiger partial charge in [0.05, 0.1) is 24.0 Å². The molecule has 2 aliphatic rings. The first-order valence-corrected chi connectivity index (χ1v) is 11.6. The molecule has 0 bridgehead atoms. The fraction of sp³-hybridized carbons (Fsp3) is 0.667. The van der Waals surface area contributed by atoms with E-state index in [2.05, 4.69) is 17.3 Å². The van der Waals surface area contributed by atoms with Gasteiger partial charge < -0.3 is 25.3 Å². The Morgan fingerprint density at radius 1 is 1.06 bits per heavy atom. The average Bonchev–Trinajstić information content (AvgIpc) is 2.79. The SMILES string of the molecule is CN1CCC2(CCCCN(C(=O)Cc3ccc(F)cc3)CC[C@H](O)[C@H](O)CNC2=O)CC1. The maximum absolute atomic E-state index is 13.2. The van der Waals surface area contributed by atoms with Crippen LogP contribution in [0.15, 0.2) is 24.3 Å². The number of carbonyl (C=O) groups is 2. The van der Waals surface area contributed by atoms with Gasteiger partial charge in [-0.05, 0) is 69.9 Å². The number of nitrogens with zero attached hydrogens (tertiary/aromatic N) is 2. The summed E-state index contributed by atoms with van der Waals surface area (Å²) in [5.41, 5.74) is 0.272. The van der Waals surface area contributed by atoms with Crippen LogP contribution >= 0.6 is 0 Å². The third kappa shape index (κ3) is 6.49. The molecule has 0 radical (unpaired) electrons. The number of β-amino-alcohol motifs (C(OH)–C–C–N with tert-alkyl or cyclic N) is 1. The van der Waals surface area contributed by atoms with Gasteiger partial charge in [0.15, 0.2) is 0 Å². The van der Waals surface area contributed by atoms with Crippen LogP contribution in [0.4, 0.5) is 4.39 Å². The molecule has 2 heterocycles. The van der Waals surface area contributed by atoms with Crippen LogP contribution in [0.25, 0.3) is 0 Å². The van der Waals surface area contributed by atoms with E-state index in [1.54, 1.807) is 17.0 Å². The Balaban J connectivity index is 1.69. The molecule has 7 nitrogen and oxygen atoms in total. The molecule has 1 spiro atoms. The van der Waals surface area contributed by atoms with Crippen molar-refractivity contribution in [1.29, 1.82) is 0 Å². The number of nitrogens with one attached hydrogen (secondary N) is 1. The van der Waals surface area contributed by atoms with Crippen LogP contribution in [0, 0.1) is 11.2 Å². The van der Waals surface area contributed by atoms with E-state index in [-0.39, 0.29) is 37.0 Å². The molecule has 2 fully saturated rings. The fourth-order valence-corrected chi connectivity index (χ4v) is 4.65. The molecule has 0 unspecified atom stereocenters. The van der Waals surface area contributed by atoms with E-state index < -0.39 is 17.6 Å². The van der Waals surface area contributed by atoms with Crippen molar-refractivity contribution >= 4 is 11.8 Å². The predicted octanol–water partition coefficient (Wildman–Crippen LogP) is 1.32. The smallest absolute Gasteiger partial charge is 0.226 e. The Kier molecular flexibility index (Phi) is 8.62. The summed E-state index contributed by atoms with van der Waals surface area (Å²) in [5.74, 6) is -0.469. The van der Waals surface area contributed by atoms with Gasteiger partial charge in [0, 0.05) is 19.6 Å². The Bertz CT molecular complexity index is 765.